The van der Waals surface area contributed by atoms with Crippen LogP contribution in [0.4, 0.5) is 0 Å². The van der Waals surface area contributed by atoms with Gasteiger partial charge in [0.15, 0.2) is 5.82 Å². The average molecular weight is 302 g/mol. The molecule has 0 unspecified atom stereocenters. The molecule has 0 amide bonds. The molecule has 0 bridgehead atoms. The van der Waals surface area contributed by atoms with Crippen LogP contribution in [0.5, 0.6) is 0 Å². The van der Waals surface area contributed by atoms with E-state index in [0.29, 0.717) is 12.2 Å². The van der Waals surface area contributed by atoms with E-state index in [0.717, 1.165) is 16.2 Å². The van der Waals surface area contributed by atoms with Gasteiger partial charge in [0.2, 0.25) is 10.0 Å². The van der Waals surface area contributed by atoms with E-state index in [1.165, 1.54) is 17.1 Å². The summed E-state index contributed by atoms with van der Waals surface area (Å²) in [4.78, 5) is 4.77. The Hall–Kier alpha value is -1.29. The SMILES string of the molecule is Cn1cnc(CNS(=O)(=O)c2ccc(CCO)s2)n1. The molecule has 0 fully saturated rings. The van der Waals surface area contributed by atoms with Gasteiger partial charge in [0.25, 0.3) is 0 Å². The number of sulfonamides is 1. The van der Waals surface area contributed by atoms with Gasteiger partial charge in [0.05, 0.1) is 6.54 Å². The summed E-state index contributed by atoms with van der Waals surface area (Å²) in [6.07, 6.45) is 1.97. The Morgan fingerprint density at radius 2 is 2.26 bits per heavy atom. The minimum atomic E-state index is -3.55. The smallest absolute Gasteiger partial charge is 0.250 e. The van der Waals surface area contributed by atoms with Crippen LogP contribution < -0.4 is 4.72 Å². The quantitative estimate of drug-likeness (QED) is 0.776. The Morgan fingerprint density at radius 3 is 2.89 bits per heavy atom. The van der Waals surface area contributed by atoms with Gasteiger partial charge in [-0.3, -0.25) is 4.68 Å². The third-order valence-corrected chi connectivity index (χ3v) is 5.37. The van der Waals surface area contributed by atoms with Crippen molar-refractivity contribution in [3.63, 3.8) is 0 Å². The van der Waals surface area contributed by atoms with Crippen LogP contribution >= 0.6 is 11.3 Å². The Labute approximate surface area is 115 Å². The fraction of sp³-hybridized carbons (Fsp3) is 0.400. The first kappa shape index (κ1) is 14.1. The number of aryl methyl sites for hydroxylation is 1. The van der Waals surface area contributed by atoms with E-state index in [-0.39, 0.29) is 17.4 Å². The zero-order chi connectivity index (χ0) is 13.9. The first-order valence-corrected chi connectivity index (χ1v) is 7.85. The van der Waals surface area contributed by atoms with Crippen molar-refractivity contribution in [1.82, 2.24) is 19.5 Å². The van der Waals surface area contributed by atoms with Gasteiger partial charge in [-0.15, -0.1) is 11.3 Å². The summed E-state index contributed by atoms with van der Waals surface area (Å²) in [7, 11) is -1.84. The lowest BCUT2D eigenvalue weighted by Gasteiger charge is -2.01. The highest BCUT2D eigenvalue weighted by molar-refractivity contribution is 7.91. The molecule has 2 rings (SSSR count). The number of thiophene rings is 1. The van der Waals surface area contributed by atoms with Crippen molar-refractivity contribution < 1.29 is 13.5 Å². The van der Waals surface area contributed by atoms with Gasteiger partial charge in [-0.2, -0.15) is 5.10 Å². The van der Waals surface area contributed by atoms with Gasteiger partial charge in [-0.1, -0.05) is 0 Å². The lowest BCUT2D eigenvalue weighted by molar-refractivity contribution is 0.300. The van der Waals surface area contributed by atoms with Crippen molar-refractivity contribution in [3.8, 4) is 0 Å². The number of aliphatic hydroxyl groups excluding tert-OH is 1. The molecule has 0 aliphatic heterocycles. The molecule has 0 aliphatic rings. The summed E-state index contributed by atoms with van der Waals surface area (Å²) < 4.78 is 28.2. The maximum Gasteiger partial charge on any atom is 0.250 e. The minimum absolute atomic E-state index is 0.00524. The summed E-state index contributed by atoms with van der Waals surface area (Å²) in [5.74, 6) is 0.415. The molecule has 19 heavy (non-hydrogen) atoms. The second-order valence-corrected chi connectivity index (χ2v) is 7.02. The summed E-state index contributed by atoms with van der Waals surface area (Å²) in [6, 6.07) is 3.23. The first-order valence-electron chi connectivity index (χ1n) is 5.55. The van der Waals surface area contributed by atoms with Gasteiger partial charge in [-0.05, 0) is 12.1 Å². The molecular weight excluding hydrogens is 288 g/mol. The zero-order valence-corrected chi connectivity index (χ0v) is 11.9. The number of rotatable bonds is 6. The fourth-order valence-corrected chi connectivity index (χ4v) is 3.81. The molecule has 9 heteroatoms. The number of hydrogen-bond acceptors (Lipinski definition) is 6. The van der Waals surface area contributed by atoms with Crippen molar-refractivity contribution in [3.05, 3.63) is 29.2 Å². The highest BCUT2D eigenvalue weighted by Crippen LogP contribution is 2.21. The van der Waals surface area contributed by atoms with E-state index in [2.05, 4.69) is 14.8 Å². The van der Waals surface area contributed by atoms with Crippen molar-refractivity contribution in [2.45, 2.75) is 17.2 Å². The Bertz CT molecular complexity index is 647. The third kappa shape index (κ3) is 3.60. The fourth-order valence-electron chi connectivity index (χ4n) is 1.44. The van der Waals surface area contributed by atoms with Crippen molar-refractivity contribution in [2.24, 2.45) is 7.05 Å². The number of nitrogens with zero attached hydrogens (tertiary/aromatic N) is 3. The number of hydrogen-bond donors (Lipinski definition) is 2. The monoisotopic (exact) mass is 302 g/mol. The highest BCUT2D eigenvalue weighted by Gasteiger charge is 2.17. The molecular formula is C10H14N4O3S2. The molecule has 7 nitrogen and oxygen atoms in total. The number of aliphatic hydroxyl groups is 1. The van der Waals surface area contributed by atoms with E-state index in [1.54, 1.807) is 13.1 Å². The molecule has 0 atom stereocenters. The lowest BCUT2D eigenvalue weighted by atomic mass is 10.4. The minimum Gasteiger partial charge on any atom is -0.396 e. The van der Waals surface area contributed by atoms with Crippen molar-refractivity contribution in [2.75, 3.05) is 6.61 Å². The molecule has 0 saturated heterocycles. The molecule has 0 saturated carbocycles. The summed E-state index contributed by atoms with van der Waals surface area (Å²) in [5, 5.41) is 12.8. The normalized spacial score (nSPS) is 11.9. The van der Waals surface area contributed by atoms with Crippen LogP contribution in [0.1, 0.15) is 10.7 Å². The van der Waals surface area contributed by atoms with Crippen LogP contribution in [0.15, 0.2) is 22.7 Å². The van der Waals surface area contributed by atoms with Gasteiger partial charge in [-0.25, -0.2) is 18.1 Å². The molecule has 0 aliphatic carbocycles. The molecule has 2 aromatic heterocycles. The molecule has 2 heterocycles. The Kier molecular flexibility index (Phi) is 4.30. The van der Waals surface area contributed by atoms with E-state index in [9.17, 15) is 8.42 Å². The topological polar surface area (TPSA) is 97.1 Å². The molecule has 0 radical (unpaired) electrons. The Balaban J connectivity index is 2.04. The second kappa shape index (κ2) is 5.78. The zero-order valence-electron chi connectivity index (χ0n) is 10.3. The molecule has 2 aromatic rings. The van der Waals surface area contributed by atoms with Crippen LogP contribution in [0.2, 0.25) is 0 Å². The molecule has 104 valence electrons. The largest absolute Gasteiger partial charge is 0.396 e. The Morgan fingerprint density at radius 1 is 1.47 bits per heavy atom. The maximum atomic E-state index is 12.0. The third-order valence-electron chi connectivity index (χ3n) is 2.33. The van der Waals surface area contributed by atoms with Crippen LogP contribution in [0, 0.1) is 0 Å². The standard InChI is InChI=1S/C10H14N4O3S2/c1-14-7-11-9(13-14)6-12-19(16,17)10-3-2-8(18-10)4-5-15/h2-3,7,12,15H,4-6H2,1H3. The predicted molar refractivity (Wildman–Crippen MR) is 70.1 cm³/mol. The summed E-state index contributed by atoms with van der Waals surface area (Å²) in [6.45, 7) is 0.0572. The van der Waals surface area contributed by atoms with Gasteiger partial charge in [0.1, 0.15) is 10.5 Å². The number of aromatic nitrogens is 3. The van der Waals surface area contributed by atoms with E-state index in [1.807, 2.05) is 0 Å². The molecule has 0 aromatic carbocycles. The predicted octanol–water partition coefficient (Wildman–Crippen LogP) is -0.110. The van der Waals surface area contributed by atoms with Crippen LogP contribution in [-0.4, -0.2) is 34.9 Å². The van der Waals surface area contributed by atoms with Crippen LogP contribution in [0.3, 0.4) is 0 Å². The van der Waals surface area contributed by atoms with Gasteiger partial charge in [0, 0.05) is 25.0 Å². The maximum absolute atomic E-state index is 12.0. The highest BCUT2D eigenvalue weighted by atomic mass is 32.2. The lowest BCUT2D eigenvalue weighted by Crippen LogP contribution is -2.23. The van der Waals surface area contributed by atoms with Crippen molar-refractivity contribution in [1.29, 1.82) is 0 Å². The van der Waals surface area contributed by atoms with Crippen LogP contribution in [-0.2, 0) is 30.0 Å². The van der Waals surface area contributed by atoms with Crippen LogP contribution in [0.25, 0.3) is 0 Å². The van der Waals surface area contributed by atoms with E-state index >= 15 is 0 Å². The molecule has 0 spiro atoms. The summed E-state index contributed by atoms with van der Waals surface area (Å²) in [5.41, 5.74) is 0. The first-order chi connectivity index (χ1) is 9.01. The van der Waals surface area contributed by atoms with E-state index < -0.39 is 10.0 Å². The van der Waals surface area contributed by atoms with Gasteiger partial charge < -0.3 is 5.11 Å². The van der Waals surface area contributed by atoms with Crippen molar-refractivity contribution >= 4 is 21.4 Å². The number of nitrogens with one attached hydrogen (secondary N) is 1. The molecule has 2 N–H and O–H groups in total. The van der Waals surface area contributed by atoms with E-state index in [4.69, 9.17) is 5.11 Å². The van der Waals surface area contributed by atoms with Gasteiger partial charge >= 0.3 is 0 Å². The summed E-state index contributed by atoms with van der Waals surface area (Å²) >= 11 is 1.15. The second-order valence-electron chi connectivity index (χ2n) is 3.85. The average Bonchev–Trinajstić information content (AvgIpc) is 2.97.